The van der Waals surface area contributed by atoms with Crippen LogP contribution in [0.25, 0.3) is 12.2 Å². The zero-order chi connectivity index (χ0) is 17.3. The first-order valence-corrected chi connectivity index (χ1v) is 27.7. The summed E-state index contributed by atoms with van der Waals surface area (Å²) in [5, 5.41) is 0. The van der Waals surface area contributed by atoms with Crippen LogP contribution < -0.4 is 0 Å². The van der Waals surface area contributed by atoms with E-state index in [-0.39, 0.29) is 0 Å². The minimum atomic E-state index is -4.21. The van der Waals surface area contributed by atoms with Gasteiger partial charge in [0, 0.05) is 0 Å². The van der Waals surface area contributed by atoms with E-state index in [0.717, 1.165) is 0 Å². The topological polar surface area (TPSA) is 0 Å². The molecular formula is C22H28SiZr. The molecular weight excluding hydrogens is 384 g/mol. The van der Waals surface area contributed by atoms with Gasteiger partial charge in [0.25, 0.3) is 0 Å². The van der Waals surface area contributed by atoms with Crippen molar-refractivity contribution in [3.8, 4) is 0 Å². The van der Waals surface area contributed by atoms with Gasteiger partial charge in [-0.05, 0) is 0 Å². The van der Waals surface area contributed by atoms with Crippen LogP contribution in [0.15, 0.2) is 60.7 Å². The maximum absolute atomic E-state index is 4.21. The van der Waals surface area contributed by atoms with Crippen molar-refractivity contribution in [2.45, 2.75) is 25.8 Å². The minimum absolute atomic E-state index is 0.525. The molecule has 2 aliphatic rings. The summed E-state index contributed by atoms with van der Waals surface area (Å²) in [5.74, 6) is 0. The van der Waals surface area contributed by atoms with Gasteiger partial charge in [-0.1, -0.05) is 0 Å². The summed E-state index contributed by atoms with van der Waals surface area (Å²) in [5.41, 5.74) is 5.88. The zero-order valence-electron chi connectivity index (χ0n) is 15.3. The Morgan fingerprint density at radius 3 is 1.46 bits per heavy atom. The van der Waals surface area contributed by atoms with Gasteiger partial charge in [0.05, 0.1) is 0 Å². The van der Waals surface area contributed by atoms with Crippen molar-refractivity contribution < 1.29 is 14.4 Å². The Hall–Kier alpha value is -0.980. The molecule has 0 saturated carbocycles. The first kappa shape index (κ1) is 16.5. The second-order valence-corrected chi connectivity index (χ2v) is 72.7. The molecule has 2 heteroatoms. The third-order valence-electron chi connectivity index (χ3n) is 6.89. The van der Waals surface area contributed by atoms with E-state index in [0.29, 0.717) is 7.25 Å². The fourth-order valence-corrected chi connectivity index (χ4v) is 25.4. The van der Waals surface area contributed by atoms with Crippen LogP contribution in [0.4, 0.5) is 0 Å². The van der Waals surface area contributed by atoms with Crippen LogP contribution in [0.5, 0.6) is 0 Å². The Bertz CT molecular complexity index is 970. The van der Waals surface area contributed by atoms with Gasteiger partial charge in [0.1, 0.15) is 0 Å². The van der Waals surface area contributed by atoms with Gasteiger partial charge in [-0.3, -0.25) is 0 Å². The number of rotatable bonds is 2. The summed E-state index contributed by atoms with van der Waals surface area (Å²) in [6, 6.07) is 18.0. The Labute approximate surface area is 141 Å². The Morgan fingerprint density at radius 2 is 1.04 bits per heavy atom. The van der Waals surface area contributed by atoms with Gasteiger partial charge in [-0.15, -0.1) is 0 Å². The summed E-state index contributed by atoms with van der Waals surface area (Å²) in [6.45, 7) is 2.37. The van der Waals surface area contributed by atoms with E-state index in [1.807, 2.05) is 0 Å². The number of benzene rings is 2. The standard InChI is InChI=1S/2C9H7.4CH3.H2Si.Zr/c2*1-2-5-9-7-3-6-8(9)4-1;;;;;;/h2*1-7H;4*1H3;1H2;. The first-order valence-electron chi connectivity index (χ1n) is 9.07. The van der Waals surface area contributed by atoms with Gasteiger partial charge in [0.2, 0.25) is 0 Å². The molecule has 0 N–H and O–H groups in total. The molecule has 24 heavy (non-hydrogen) atoms. The fourth-order valence-electron chi connectivity index (χ4n) is 5.35. The van der Waals surface area contributed by atoms with Crippen molar-refractivity contribution in [2.75, 3.05) is 0 Å². The van der Waals surface area contributed by atoms with Gasteiger partial charge < -0.3 is 0 Å². The average Bonchev–Trinajstić information content (AvgIpc) is 3.11. The molecule has 0 spiro atoms. The van der Waals surface area contributed by atoms with Crippen molar-refractivity contribution in [1.29, 1.82) is 0 Å². The Balaban J connectivity index is 2.03. The van der Waals surface area contributed by atoms with Crippen LogP contribution in [-0.2, 0) is 14.4 Å². The second-order valence-electron chi connectivity index (χ2n) is 12.2. The molecule has 0 heterocycles. The van der Waals surface area contributed by atoms with E-state index in [2.05, 4.69) is 98.2 Å². The van der Waals surface area contributed by atoms with Crippen LogP contribution in [0, 0.1) is 0 Å². The molecule has 0 amide bonds. The first-order chi connectivity index (χ1) is 10.9. The summed E-state index contributed by atoms with van der Waals surface area (Å²) < 4.78 is 11.7. The molecule has 124 valence electrons. The van der Waals surface area contributed by atoms with Crippen molar-refractivity contribution in [3.63, 3.8) is 0 Å². The maximum atomic E-state index is 2.67. The van der Waals surface area contributed by atoms with Crippen molar-refractivity contribution in [1.82, 2.24) is 0 Å². The SMILES string of the molecule is [CH3][Zr]([CH3])([CH3])([CH3])(=[SiH2])([CH]1C=Cc2ccccc21)[CH]1C=Cc2ccccc21. The van der Waals surface area contributed by atoms with Crippen LogP contribution in [0.1, 0.15) is 29.5 Å². The summed E-state index contributed by atoms with van der Waals surface area (Å²) in [7, 11) is 0. The predicted molar refractivity (Wildman–Crippen MR) is 108 cm³/mol. The number of fused-ring (bicyclic) bond motifs is 2. The molecule has 0 fully saturated rings. The molecule has 0 radical (unpaired) electrons. The summed E-state index contributed by atoms with van der Waals surface area (Å²) in [6.07, 6.45) is 9.72. The summed E-state index contributed by atoms with van der Waals surface area (Å²) >= 11 is -4.21. The van der Waals surface area contributed by atoms with Crippen molar-refractivity contribution in [2.24, 2.45) is 0 Å². The monoisotopic (exact) mass is 410 g/mol. The molecule has 0 saturated heterocycles. The molecule has 4 rings (SSSR count). The van der Waals surface area contributed by atoms with Crippen LogP contribution in [-0.4, -0.2) is 6.88 Å². The van der Waals surface area contributed by atoms with Gasteiger partial charge in [-0.25, -0.2) is 0 Å². The number of hydrogen-bond acceptors (Lipinski definition) is 0. The van der Waals surface area contributed by atoms with Gasteiger partial charge in [0.15, 0.2) is 0 Å². The van der Waals surface area contributed by atoms with Gasteiger partial charge >= 0.3 is 142 Å². The van der Waals surface area contributed by atoms with Crippen LogP contribution >= 0.6 is 0 Å². The van der Waals surface area contributed by atoms with Crippen molar-refractivity contribution in [3.05, 3.63) is 82.9 Å². The van der Waals surface area contributed by atoms with E-state index in [9.17, 15) is 0 Å². The number of allylic oxidation sites excluding steroid dienone is 2. The predicted octanol–water partition coefficient (Wildman–Crippen LogP) is 6.02. The second kappa shape index (κ2) is 3.89. The molecule has 0 aliphatic heterocycles. The fraction of sp³-hybridized carbons (Fsp3) is 0.273. The third-order valence-corrected chi connectivity index (χ3v) is 30.7. The quantitative estimate of drug-likeness (QED) is 0.530. The van der Waals surface area contributed by atoms with Crippen molar-refractivity contribution >= 4 is 19.0 Å². The molecule has 0 aromatic heterocycles. The van der Waals surface area contributed by atoms with E-state index < -0.39 is 14.4 Å². The molecule has 2 aromatic rings. The van der Waals surface area contributed by atoms with E-state index in [1.54, 1.807) is 0 Å². The molecule has 0 bridgehead atoms. The molecule has 2 aliphatic carbocycles. The van der Waals surface area contributed by atoms with E-state index in [1.165, 1.54) is 22.3 Å². The molecule has 2 unspecified atom stereocenters. The van der Waals surface area contributed by atoms with E-state index >= 15 is 0 Å². The molecule has 2 aromatic carbocycles. The normalized spacial score (nSPS) is 26.1. The average molecular weight is 412 g/mol. The third kappa shape index (κ3) is 2.12. The summed E-state index contributed by atoms with van der Waals surface area (Å²) in [4.78, 5) is 0. The number of hydrogen-bond donors (Lipinski definition) is 0. The Kier molecular flexibility index (Phi) is 2.67. The molecule has 0 nitrogen and oxygen atoms in total. The molecule has 2 atom stereocenters. The van der Waals surface area contributed by atoms with Gasteiger partial charge in [-0.2, -0.15) is 0 Å². The van der Waals surface area contributed by atoms with E-state index in [4.69, 9.17) is 0 Å². The Morgan fingerprint density at radius 1 is 0.667 bits per heavy atom. The zero-order valence-corrected chi connectivity index (χ0v) is 19.2. The van der Waals surface area contributed by atoms with Crippen LogP contribution in [0.2, 0.25) is 18.5 Å². The van der Waals surface area contributed by atoms with Crippen LogP contribution in [0.3, 0.4) is 0 Å².